The Bertz CT molecular complexity index is 694. The van der Waals surface area contributed by atoms with E-state index in [-0.39, 0.29) is 0 Å². The van der Waals surface area contributed by atoms with E-state index in [0.29, 0.717) is 11.8 Å². The van der Waals surface area contributed by atoms with Crippen LogP contribution < -0.4 is 10.5 Å². The van der Waals surface area contributed by atoms with Crippen LogP contribution in [0.25, 0.3) is 0 Å². The van der Waals surface area contributed by atoms with Crippen LogP contribution in [0.15, 0.2) is 42.5 Å². The molecule has 0 bridgehead atoms. The third-order valence-corrected chi connectivity index (χ3v) is 5.52. The molecule has 25 heavy (non-hydrogen) atoms. The number of para-hydroxylation sites is 1. The summed E-state index contributed by atoms with van der Waals surface area (Å²) in [6.07, 6.45) is 5.87. The summed E-state index contributed by atoms with van der Waals surface area (Å²) >= 11 is 0. The number of benzene rings is 2. The highest BCUT2D eigenvalue weighted by molar-refractivity contribution is 5.36. The van der Waals surface area contributed by atoms with Gasteiger partial charge < -0.3 is 10.5 Å². The summed E-state index contributed by atoms with van der Waals surface area (Å²) < 4.78 is 6.09. The minimum absolute atomic E-state index is 0.511. The third-order valence-electron chi connectivity index (χ3n) is 5.52. The van der Waals surface area contributed by atoms with Crippen molar-refractivity contribution in [2.45, 2.75) is 51.9 Å². The van der Waals surface area contributed by atoms with Crippen LogP contribution in [0.2, 0.25) is 0 Å². The Hall–Kier alpha value is -1.80. The molecule has 3 rings (SSSR count). The lowest BCUT2D eigenvalue weighted by Gasteiger charge is -2.26. The fraction of sp³-hybridized carbons (Fsp3) is 0.478. The Labute approximate surface area is 152 Å². The van der Waals surface area contributed by atoms with Gasteiger partial charge in [-0.2, -0.15) is 0 Å². The van der Waals surface area contributed by atoms with Gasteiger partial charge in [-0.15, -0.1) is 0 Å². The molecule has 0 spiro atoms. The maximum atomic E-state index is 6.09. The topological polar surface area (TPSA) is 35.2 Å². The molecule has 0 amide bonds. The monoisotopic (exact) mass is 337 g/mol. The second-order valence-corrected chi connectivity index (χ2v) is 7.43. The first-order valence-electron chi connectivity index (χ1n) is 9.71. The van der Waals surface area contributed by atoms with Crippen molar-refractivity contribution in [2.75, 3.05) is 13.2 Å². The zero-order chi connectivity index (χ0) is 17.6. The predicted octanol–water partition coefficient (Wildman–Crippen LogP) is 5.02. The largest absolute Gasteiger partial charge is 0.493 e. The molecule has 134 valence electrons. The summed E-state index contributed by atoms with van der Waals surface area (Å²) in [5.41, 5.74) is 11.7. The van der Waals surface area contributed by atoms with Gasteiger partial charge in [0, 0.05) is 0 Å². The van der Waals surface area contributed by atoms with Gasteiger partial charge >= 0.3 is 0 Å². The Morgan fingerprint density at radius 1 is 1.16 bits per heavy atom. The fourth-order valence-corrected chi connectivity index (χ4v) is 3.94. The fourth-order valence-electron chi connectivity index (χ4n) is 3.94. The van der Waals surface area contributed by atoms with Crippen molar-refractivity contribution in [3.63, 3.8) is 0 Å². The first kappa shape index (κ1) is 18.0. The minimum atomic E-state index is 0.511. The van der Waals surface area contributed by atoms with Crippen molar-refractivity contribution in [1.29, 1.82) is 0 Å². The molecule has 0 aromatic heterocycles. The highest BCUT2D eigenvalue weighted by Gasteiger charge is 2.21. The number of hydrogen-bond donors (Lipinski definition) is 1. The van der Waals surface area contributed by atoms with E-state index in [2.05, 4.69) is 50.2 Å². The van der Waals surface area contributed by atoms with Gasteiger partial charge in [0.2, 0.25) is 0 Å². The second-order valence-electron chi connectivity index (χ2n) is 7.43. The number of fused-ring (bicyclic) bond motifs is 1. The van der Waals surface area contributed by atoms with Gasteiger partial charge in [-0.25, -0.2) is 0 Å². The van der Waals surface area contributed by atoms with Gasteiger partial charge in [-0.1, -0.05) is 49.7 Å². The van der Waals surface area contributed by atoms with Crippen molar-refractivity contribution in [3.8, 4) is 5.75 Å². The summed E-state index contributed by atoms with van der Waals surface area (Å²) in [5.74, 6) is 2.14. The third kappa shape index (κ3) is 4.43. The lowest BCUT2D eigenvalue weighted by atomic mass is 9.82. The van der Waals surface area contributed by atoms with E-state index in [1.54, 1.807) is 0 Å². The Morgan fingerprint density at radius 2 is 2.00 bits per heavy atom. The molecule has 2 N–H and O–H groups in total. The van der Waals surface area contributed by atoms with Crippen LogP contribution in [-0.2, 0) is 12.8 Å². The highest BCUT2D eigenvalue weighted by atomic mass is 16.5. The number of nitrogens with two attached hydrogens (primary N) is 1. The van der Waals surface area contributed by atoms with Crippen molar-refractivity contribution >= 4 is 0 Å². The van der Waals surface area contributed by atoms with E-state index in [9.17, 15) is 0 Å². The standard InChI is InChI=1S/C23H31NO/c1-3-6-22(15-24)21-12-11-19-13-18(9-10-20(19)14-21)16-25-23-8-5-4-7-17(23)2/h4-5,7-8,11-12,14,18,22H,3,6,9-10,13,15-16,24H2,1-2H3/t18-,22?/m0/s1. The molecule has 2 nitrogen and oxygen atoms in total. The number of rotatable bonds is 7. The van der Waals surface area contributed by atoms with Gasteiger partial charge in [0.15, 0.2) is 0 Å². The molecule has 1 aliphatic rings. The SMILES string of the molecule is CCCC(CN)c1ccc2c(c1)CC[C@H](COc1ccccc1C)C2. The Morgan fingerprint density at radius 3 is 2.76 bits per heavy atom. The molecule has 0 fully saturated rings. The van der Waals surface area contributed by atoms with Gasteiger partial charge in [0.1, 0.15) is 5.75 Å². The van der Waals surface area contributed by atoms with Crippen molar-refractivity contribution in [2.24, 2.45) is 11.7 Å². The van der Waals surface area contributed by atoms with Crippen molar-refractivity contribution in [1.82, 2.24) is 0 Å². The molecule has 0 saturated heterocycles. The first-order chi connectivity index (χ1) is 12.2. The number of ether oxygens (including phenoxy) is 1. The summed E-state index contributed by atoms with van der Waals surface area (Å²) in [5, 5.41) is 0. The molecule has 0 radical (unpaired) electrons. The highest BCUT2D eigenvalue weighted by Crippen LogP contribution is 2.30. The van der Waals surface area contributed by atoms with Crippen LogP contribution in [0, 0.1) is 12.8 Å². The zero-order valence-corrected chi connectivity index (χ0v) is 15.6. The molecule has 2 aromatic rings. The van der Waals surface area contributed by atoms with E-state index >= 15 is 0 Å². The van der Waals surface area contributed by atoms with E-state index in [4.69, 9.17) is 10.5 Å². The van der Waals surface area contributed by atoms with E-state index in [1.807, 2.05) is 6.07 Å². The summed E-state index contributed by atoms with van der Waals surface area (Å²) in [7, 11) is 0. The normalized spacial score (nSPS) is 17.8. The zero-order valence-electron chi connectivity index (χ0n) is 15.6. The number of hydrogen-bond acceptors (Lipinski definition) is 2. The lowest BCUT2D eigenvalue weighted by Crippen LogP contribution is -2.21. The molecule has 0 saturated carbocycles. The minimum Gasteiger partial charge on any atom is -0.493 e. The Balaban J connectivity index is 1.63. The van der Waals surface area contributed by atoms with Gasteiger partial charge in [0.05, 0.1) is 6.61 Å². The molecule has 2 heteroatoms. The predicted molar refractivity (Wildman–Crippen MR) is 105 cm³/mol. The van der Waals surface area contributed by atoms with E-state index in [0.717, 1.165) is 31.7 Å². The van der Waals surface area contributed by atoms with Crippen molar-refractivity contribution < 1.29 is 4.74 Å². The summed E-state index contributed by atoms with van der Waals surface area (Å²) in [4.78, 5) is 0. The van der Waals surface area contributed by atoms with Crippen LogP contribution >= 0.6 is 0 Å². The average molecular weight is 338 g/mol. The van der Waals surface area contributed by atoms with Crippen molar-refractivity contribution in [3.05, 3.63) is 64.7 Å². The molecule has 2 aromatic carbocycles. The lowest BCUT2D eigenvalue weighted by molar-refractivity contribution is 0.233. The molecule has 1 unspecified atom stereocenters. The van der Waals surface area contributed by atoms with Gasteiger partial charge in [0.25, 0.3) is 0 Å². The van der Waals surface area contributed by atoms with Crippen LogP contribution in [0.4, 0.5) is 0 Å². The smallest absolute Gasteiger partial charge is 0.122 e. The summed E-state index contributed by atoms with van der Waals surface area (Å²) in [6.45, 7) is 5.91. The molecular formula is C23H31NO. The molecule has 2 atom stereocenters. The molecule has 1 aliphatic carbocycles. The first-order valence-corrected chi connectivity index (χ1v) is 9.71. The maximum absolute atomic E-state index is 6.09. The average Bonchev–Trinajstić information content (AvgIpc) is 2.65. The molecule has 0 aliphatic heterocycles. The molecular weight excluding hydrogens is 306 g/mol. The van der Waals surface area contributed by atoms with E-state index in [1.165, 1.54) is 41.5 Å². The van der Waals surface area contributed by atoms with Crippen LogP contribution in [0.3, 0.4) is 0 Å². The second kappa shape index (κ2) is 8.53. The van der Waals surface area contributed by atoms with Crippen LogP contribution in [-0.4, -0.2) is 13.2 Å². The Kier molecular flexibility index (Phi) is 6.14. The van der Waals surface area contributed by atoms with E-state index < -0.39 is 0 Å². The maximum Gasteiger partial charge on any atom is 0.122 e. The quantitative estimate of drug-likeness (QED) is 0.770. The van der Waals surface area contributed by atoms with Crippen LogP contribution in [0.1, 0.15) is 54.4 Å². The number of aryl methyl sites for hydroxylation is 2. The van der Waals surface area contributed by atoms with Crippen LogP contribution in [0.5, 0.6) is 5.75 Å². The van der Waals surface area contributed by atoms with Gasteiger partial charge in [-0.3, -0.25) is 0 Å². The molecule has 0 heterocycles. The van der Waals surface area contributed by atoms with Gasteiger partial charge in [-0.05, 0) is 79.3 Å². The summed E-state index contributed by atoms with van der Waals surface area (Å²) in [6, 6.07) is 15.3.